The predicted octanol–water partition coefficient (Wildman–Crippen LogP) is 4.06. The third-order valence-electron chi connectivity index (χ3n) is 5.72. The number of benzene rings is 3. The molecule has 0 radical (unpaired) electrons. The van der Waals surface area contributed by atoms with E-state index < -0.39 is 26.8 Å². The average molecular weight is 452 g/mol. The molecule has 1 heterocycles. The van der Waals surface area contributed by atoms with Crippen molar-refractivity contribution in [3.05, 3.63) is 107 Å². The number of carbonyl (C=O) groups is 2. The largest absolute Gasteiger partial charge is 0.338 e. The molecule has 1 aliphatic rings. The fourth-order valence-corrected chi connectivity index (χ4v) is 5.82. The first-order valence-corrected chi connectivity index (χ1v) is 12.0. The van der Waals surface area contributed by atoms with Crippen molar-refractivity contribution >= 4 is 21.5 Å². The second kappa shape index (κ2) is 9.04. The minimum Gasteiger partial charge on any atom is -0.338 e. The summed E-state index contributed by atoms with van der Waals surface area (Å²) in [7, 11) is -3.65. The maximum Gasteiger partial charge on any atom is 0.254 e. The number of amides is 1. The highest BCUT2D eigenvalue weighted by molar-refractivity contribution is 7.91. The van der Waals surface area contributed by atoms with Crippen LogP contribution < -0.4 is 0 Å². The van der Waals surface area contributed by atoms with E-state index in [0.29, 0.717) is 5.56 Å². The maximum atomic E-state index is 14.3. The van der Waals surface area contributed by atoms with Crippen LogP contribution in [0.2, 0.25) is 0 Å². The molecule has 1 saturated heterocycles. The van der Waals surface area contributed by atoms with Crippen molar-refractivity contribution in [2.24, 2.45) is 0 Å². The van der Waals surface area contributed by atoms with Crippen LogP contribution in [0.25, 0.3) is 0 Å². The predicted molar refractivity (Wildman–Crippen MR) is 120 cm³/mol. The third-order valence-corrected chi connectivity index (χ3v) is 7.83. The molecule has 164 valence electrons. The van der Waals surface area contributed by atoms with Crippen molar-refractivity contribution in [2.45, 2.75) is 11.7 Å². The lowest BCUT2D eigenvalue weighted by molar-refractivity contribution is 0.0762. The monoisotopic (exact) mass is 451 g/mol. The molecule has 1 atom stereocenters. The molecule has 1 amide bonds. The molecule has 0 bridgehead atoms. The molecule has 3 aromatic carbocycles. The van der Waals surface area contributed by atoms with Gasteiger partial charge in [0.25, 0.3) is 5.91 Å². The summed E-state index contributed by atoms with van der Waals surface area (Å²) < 4.78 is 40.0. The summed E-state index contributed by atoms with van der Waals surface area (Å²) in [4.78, 5) is 27.8. The van der Waals surface area contributed by atoms with Crippen LogP contribution in [0, 0.1) is 5.82 Å². The van der Waals surface area contributed by atoms with Crippen LogP contribution in [0.15, 0.2) is 78.9 Å². The van der Waals surface area contributed by atoms with Crippen LogP contribution in [0.3, 0.4) is 0 Å². The van der Waals surface area contributed by atoms with Crippen molar-refractivity contribution in [3.63, 3.8) is 0 Å². The summed E-state index contributed by atoms with van der Waals surface area (Å²) in [6.45, 7) is 0.130. The van der Waals surface area contributed by atoms with E-state index in [9.17, 15) is 22.4 Å². The van der Waals surface area contributed by atoms with E-state index in [2.05, 4.69) is 0 Å². The average Bonchev–Trinajstić information content (AvgIpc) is 2.97. The number of carbonyl (C=O) groups excluding carboxylic acids is 2. The van der Waals surface area contributed by atoms with Gasteiger partial charge in [-0.1, -0.05) is 66.7 Å². The number of hydrogen-bond donors (Lipinski definition) is 0. The molecular formula is C25H22FNO4S. The van der Waals surface area contributed by atoms with E-state index in [1.54, 1.807) is 60.7 Å². The van der Waals surface area contributed by atoms with E-state index in [-0.39, 0.29) is 47.7 Å². The molecule has 1 aliphatic heterocycles. The number of ketones is 1. The zero-order valence-electron chi connectivity index (χ0n) is 17.3. The van der Waals surface area contributed by atoms with Crippen LogP contribution in [0.5, 0.6) is 0 Å². The van der Waals surface area contributed by atoms with E-state index in [1.165, 1.54) is 23.1 Å². The molecule has 1 fully saturated rings. The molecular weight excluding hydrogens is 429 g/mol. The molecule has 0 aliphatic carbocycles. The Kier molecular flexibility index (Phi) is 6.19. The van der Waals surface area contributed by atoms with Gasteiger partial charge < -0.3 is 4.90 Å². The quantitative estimate of drug-likeness (QED) is 0.561. The van der Waals surface area contributed by atoms with Crippen LogP contribution in [0.4, 0.5) is 4.39 Å². The Bertz CT molecular complexity index is 1260. The minimum atomic E-state index is -3.65. The van der Waals surface area contributed by atoms with E-state index >= 15 is 0 Å². The molecule has 4 rings (SSSR count). The summed E-state index contributed by atoms with van der Waals surface area (Å²) in [5, 5.41) is -1.01. The van der Waals surface area contributed by atoms with Crippen molar-refractivity contribution in [1.82, 2.24) is 4.90 Å². The molecule has 1 unspecified atom stereocenters. The maximum absolute atomic E-state index is 14.3. The summed E-state index contributed by atoms with van der Waals surface area (Å²) in [6, 6.07) is 21.0. The first kappa shape index (κ1) is 21.9. The lowest BCUT2D eigenvalue weighted by Crippen LogP contribution is -2.34. The van der Waals surface area contributed by atoms with E-state index in [4.69, 9.17) is 0 Å². The summed E-state index contributed by atoms with van der Waals surface area (Å²) >= 11 is 0. The number of sulfone groups is 1. The fourth-order valence-electron chi connectivity index (χ4n) is 4.02. The van der Waals surface area contributed by atoms with Crippen molar-refractivity contribution in [2.75, 3.05) is 18.8 Å². The van der Waals surface area contributed by atoms with Gasteiger partial charge in [0.2, 0.25) is 0 Å². The number of rotatable bonds is 4. The van der Waals surface area contributed by atoms with Crippen molar-refractivity contribution in [1.29, 1.82) is 0 Å². The Morgan fingerprint density at radius 1 is 0.812 bits per heavy atom. The van der Waals surface area contributed by atoms with Gasteiger partial charge in [-0.15, -0.1) is 0 Å². The fraction of sp³-hybridized carbons (Fsp3) is 0.200. The topological polar surface area (TPSA) is 71.5 Å². The Hall–Kier alpha value is -3.32. The Morgan fingerprint density at radius 2 is 1.44 bits per heavy atom. The van der Waals surface area contributed by atoms with Gasteiger partial charge in [-0.05, 0) is 18.6 Å². The number of nitrogens with zero attached hydrogens (tertiary/aromatic N) is 1. The van der Waals surface area contributed by atoms with Gasteiger partial charge in [-0.25, -0.2) is 12.8 Å². The third kappa shape index (κ3) is 4.34. The number of halogens is 1. The smallest absolute Gasteiger partial charge is 0.254 e. The first-order valence-electron chi connectivity index (χ1n) is 10.3. The van der Waals surface area contributed by atoms with Gasteiger partial charge in [-0.3, -0.25) is 9.59 Å². The van der Waals surface area contributed by atoms with Gasteiger partial charge in [-0.2, -0.15) is 0 Å². The summed E-state index contributed by atoms with van der Waals surface area (Å²) in [5.41, 5.74) is 1.08. The second-order valence-electron chi connectivity index (χ2n) is 7.70. The molecule has 0 saturated carbocycles. The Morgan fingerprint density at radius 3 is 2.16 bits per heavy atom. The highest BCUT2D eigenvalue weighted by Crippen LogP contribution is 2.31. The van der Waals surface area contributed by atoms with Gasteiger partial charge in [0, 0.05) is 29.8 Å². The van der Waals surface area contributed by atoms with Crippen LogP contribution in [-0.2, 0) is 9.84 Å². The SMILES string of the molecule is O=C(c1ccccc1)c1ccccc1C(=O)N1CCC(c2ccccc2F)S(=O)(=O)CC1. The lowest BCUT2D eigenvalue weighted by atomic mass is 9.97. The van der Waals surface area contributed by atoms with Crippen LogP contribution in [0.1, 0.15) is 43.5 Å². The molecule has 3 aromatic rings. The number of hydrogen-bond acceptors (Lipinski definition) is 4. The molecule has 0 spiro atoms. The van der Waals surface area contributed by atoms with Gasteiger partial charge >= 0.3 is 0 Å². The van der Waals surface area contributed by atoms with Crippen LogP contribution in [-0.4, -0.2) is 43.9 Å². The van der Waals surface area contributed by atoms with Crippen LogP contribution >= 0.6 is 0 Å². The molecule has 7 heteroatoms. The van der Waals surface area contributed by atoms with Gasteiger partial charge in [0.05, 0.1) is 16.6 Å². The van der Waals surface area contributed by atoms with E-state index in [0.717, 1.165) is 0 Å². The highest BCUT2D eigenvalue weighted by Gasteiger charge is 2.35. The van der Waals surface area contributed by atoms with Gasteiger partial charge in [0.1, 0.15) is 5.82 Å². The normalized spacial score (nSPS) is 18.0. The molecule has 0 N–H and O–H groups in total. The zero-order valence-corrected chi connectivity index (χ0v) is 18.1. The zero-order chi connectivity index (χ0) is 22.7. The van der Waals surface area contributed by atoms with Crippen molar-refractivity contribution in [3.8, 4) is 0 Å². The van der Waals surface area contributed by atoms with E-state index in [1.807, 2.05) is 0 Å². The summed E-state index contributed by atoms with van der Waals surface area (Å²) in [6.07, 6.45) is 0.0871. The molecule has 5 nitrogen and oxygen atoms in total. The summed E-state index contributed by atoms with van der Waals surface area (Å²) in [5.74, 6) is -1.53. The first-order chi connectivity index (χ1) is 15.4. The Labute approximate surface area is 186 Å². The van der Waals surface area contributed by atoms with Crippen molar-refractivity contribution < 1.29 is 22.4 Å². The second-order valence-corrected chi connectivity index (χ2v) is 10.0. The lowest BCUT2D eigenvalue weighted by Gasteiger charge is -2.21. The highest BCUT2D eigenvalue weighted by atomic mass is 32.2. The minimum absolute atomic E-state index is 0.0139. The Balaban J connectivity index is 1.62. The molecule has 0 aromatic heterocycles. The molecule has 32 heavy (non-hydrogen) atoms. The van der Waals surface area contributed by atoms with Gasteiger partial charge in [0.15, 0.2) is 15.6 Å². The standard InChI is InChI=1S/C25H22FNO4S/c26-22-13-7-6-12-21(22)23-14-15-27(16-17-32(23,30)31)25(29)20-11-5-4-10-19(20)24(28)18-8-2-1-3-9-18/h1-13,23H,14-17H2.